The van der Waals surface area contributed by atoms with Crippen LogP contribution in [0, 0.1) is 0 Å². The number of rotatable bonds is 6. The first kappa shape index (κ1) is 17.2. The zero-order valence-electron chi connectivity index (χ0n) is 14.1. The van der Waals surface area contributed by atoms with Crippen molar-refractivity contribution in [1.82, 2.24) is 4.98 Å². The number of sulfonamides is 1. The number of aromatic nitrogens is 1. The number of pyridine rings is 1. The smallest absolute Gasteiger partial charge is 0.263 e. The van der Waals surface area contributed by atoms with Crippen LogP contribution in [0.15, 0.2) is 41.4 Å². The van der Waals surface area contributed by atoms with Gasteiger partial charge in [0.05, 0.1) is 23.2 Å². The lowest BCUT2D eigenvalue weighted by molar-refractivity contribution is -0.115. The first-order valence-electron chi connectivity index (χ1n) is 8.09. The molecule has 0 spiro atoms. The van der Waals surface area contributed by atoms with E-state index >= 15 is 0 Å². The van der Waals surface area contributed by atoms with Crippen LogP contribution < -0.4 is 14.9 Å². The maximum absolute atomic E-state index is 12.5. The van der Waals surface area contributed by atoms with Crippen LogP contribution in [0.2, 0.25) is 0 Å². The maximum atomic E-state index is 12.5. The molecule has 0 saturated carbocycles. The van der Waals surface area contributed by atoms with Crippen LogP contribution in [-0.4, -0.2) is 32.4 Å². The molecule has 1 aromatic heterocycles. The molecule has 2 heterocycles. The van der Waals surface area contributed by atoms with E-state index in [1.54, 1.807) is 18.3 Å². The second-order valence-electron chi connectivity index (χ2n) is 5.72. The molecule has 0 saturated heterocycles. The molecule has 2 aromatic rings. The van der Waals surface area contributed by atoms with Gasteiger partial charge in [-0.1, -0.05) is 0 Å². The van der Waals surface area contributed by atoms with Gasteiger partial charge in [-0.2, -0.15) is 0 Å². The molecule has 0 radical (unpaired) electrons. The highest BCUT2D eigenvalue weighted by molar-refractivity contribution is 7.92. The number of hydrogen-bond acceptors (Lipinski definition) is 5. The highest BCUT2D eigenvalue weighted by atomic mass is 32.2. The number of fused-ring (bicyclic) bond motifs is 1. The summed E-state index contributed by atoms with van der Waals surface area (Å²) in [4.78, 5) is 17.8. The summed E-state index contributed by atoms with van der Waals surface area (Å²) >= 11 is 0. The van der Waals surface area contributed by atoms with Crippen molar-refractivity contribution in [3.8, 4) is 0 Å². The fraction of sp³-hybridized carbons (Fsp3) is 0.294. The van der Waals surface area contributed by atoms with E-state index in [4.69, 9.17) is 0 Å². The van der Waals surface area contributed by atoms with Gasteiger partial charge in [0, 0.05) is 18.8 Å². The minimum Gasteiger partial charge on any atom is -0.371 e. The molecule has 0 bridgehead atoms. The van der Waals surface area contributed by atoms with Gasteiger partial charge in [-0.25, -0.2) is 13.4 Å². The van der Waals surface area contributed by atoms with Crippen molar-refractivity contribution < 1.29 is 13.2 Å². The van der Waals surface area contributed by atoms with Gasteiger partial charge < -0.3 is 10.2 Å². The molecule has 1 aromatic carbocycles. The van der Waals surface area contributed by atoms with E-state index in [1.165, 1.54) is 12.1 Å². The van der Waals surface area contributed by atoms with Crippen LogP contribution in [-0.2, 0) is 21.2 Å². The van der Waals surface area contributed by atoms with Crippen LogP contribution >= 0.6 is 0 Å². The summed E-state index contributed by atoms with van der Waals surface area (Å²) in [7, 11) is -3.76. The topological polar surface area (TPSA) is 91.4 Å². The lowest BCUT2D eigenvalue weighted by atomic mass is 10.2. The highest BCUT2D eigenvalue weighted by Gasteiger charge is 2.22. The van der Waals surface area contributed by atoms with Gasteiger partial charge in [0.25, 0.3) is 10.0 Å². The zero-order chi connectivity index (χ0) is 18.0. The number of amides is 1. The molecule has 8 heteroatoms. The van der Waals surface area contributed by atoms with Crippen molar-refractivity contribution in [2.45, 2.75) is 25.2 Å². The molecule has 0 fully saturated rings. The summed E-state index contributed by atoms with van der Waals surface area (Å²) in [5.41, 5.74) is 2.28. The summed E-state index contributed by atoms with van der Waals surface area (Å²) in [5.74, 6) is 0.122. The Hall–Kier alpha value is -2.61. The van der Waals surface area contributed by atoms with E-state index in [9.17, 15) is 13.2 Å². The van der Waals surface area contributed by atoms with Crippen molar-refractivity contribution in [3.63, 3.8) is 0 Å². The van der Waals surface area contributed by atoms with E-state index in [0.29, 0.717) is 11.3 Å². The molecular weight excluding hydrogens is 340 g/mol. The Morgan fingerprint density at radius 2 is 1.96 bits per heavy atom. The average molecular weight is 360 g/mol. The molecule has 2 N–H and O–H groups in total. The van der Waals surface area contributed by atoms with Crippen LogP contribution in [0.25, 0.3) is 0 Å². The molecule has 1 amide bonds. The molecule has 7 nitrogen and oxygen atoms in total. The lowest BCUT2D eigenvalue weighted by Gasteiger charge is -2.20. The van der Waals surface area contributed by atoms with E-state index in [2.05, 4.69) is 19.9 Å². The summed E-state index contributed by atoms with van der Waals surface area (Å²) in [5, 5.41) is 2.68. The van der Waals surface area contributed by atoms with Crippen LogP contribution in [0.1, 0.15) is 19.4 Å². The Balaban J connectivity index is 1.80. The predicted molar refractivity (Wildman–Crippen MR) is 97.4 cm³/mol. The van der Waals surface area contributed by atoms with Gasteiger partial charge in [0.2, 0.25) is 5.91 Å². The molecule has 3 rings (SSSR count). The summed E-state index contributed by atoms with van der Waals surface area (Å²) in [6, 6.07) is 8.06. The first-order chi connectivity index (χ1) is 11.9. The molecule has 132 valence electrons. The Labute approximate surface area is 147 Å². The predicted octanol–water partition coefficient (Wildman–Crippen LogP) is 2.22. The Morgan fingerprint density at radius 3 is 2.60 bits per heavy atom. The third kappa shape index (κ3) is 3.58. The van der Waals surface area contributed by atoms with Gasteiger partial charge in [-0.05, 0) is 49.7 Å². The van der Waals surface area contributed by atoms with Gasteiger partial charge in [0.1, 0.15) is 5.82 Å². The second kappa shape index (κ2) is 6.72. The van der Waals surface area contributed by atoms with Crippen molar-refractivity contribution >= 4 is 33.1 Å². The standard InChI is InChI=1S/C17H20N4O3S/c1-3-21(4-2)13-5-8-16(18-11-13)20-25(23,24)14-6-7-15-12(9-14)10-17(22)19-15/h5-9,11H,3-4,10H2,1-2H3,(H,18,20)(H,19,22). The molecular formula is C17H20N4O3S. The van der Waals surface area contributed by atoms with E-state index < -0.39 is 10.0 Å². The number of anilines is 3. The maximum Gasteiger partial charge on any atom is 0.263 e. The number of hydrogen-bond donors (Lipinski definition) is 2. The Morgan fingerprint density at radius 1 is 1.20 bits per heavy atom. The van der Waals surface area contributed by atoms with Crippen molar-refractivity contribution in [3.05, 3.63) is 42.1 Å². The quantitative estimate of drug-likeness (QED) is 0.824. The second-order valence-corrected chi connectivity index (χ2v) is 7.41. The molecule has 0 atom stereocenters. The minimum atomic E-state index is -3.76. The number of nitrogens with zero attached hydrogens (tertiary/aromatic N) is 2. The monoisotopic (exact) mass is 360 g/mol. The fourth-order valence-corrected chi connectivity index (χ4v) is 3.85. The van der Waals surface area contributed by atoms with Gasteiger partial charge >= 0.3 is 0 Å². The summed E-state index contributed by atoms with van der Waals surface area (Å²) in [6.45, 7) is 5.80. The number of carbonyl (C=O) groups is 1. The third-order valence-electron chi connectivity index (χ3n) is 4.13. The molecule has 1 aliphatic heterocycles. The average Bonchev–Trinajstić information content (AvgIpc) is 2.96. The van der Waals surface area contributed by atoms with Crippen LogP contribution in [0.4, 0.5) is 17.2 Å². The summed E-state index contributed by atoms with van der Waals surface area (Å²) in [6.07, 6.45) is 1.84. The molecule has 0 unspecified atom stereocenters. The van der Waals surface area contributed by atoms with E-state index in [-0.39, 0.29) is 23.0 Å². The Bertz CT molecular complexity index is 891. The van der Waals surface area contributed by atoms with Crippen molar-refractivity contribution in [2.75, 3.05) is 28.0 Å². The SMILES string of the molecule is CCN(CC)c1ccc(NS(=O)(=O)c2ccc3c(c2)CC(=O)N3)nc1. The highest BCUT2D eigenvalue weighted by Crippen LogP contribution is 2.26. The number of benzene rings is 1. The normalized spacial score (nSPS) is 13.3. The lowest BCUT2D eigenvalue weighted by Crippen LogP contribution is -2.22. The molecule has 1 aliphatic rings. The largest absolute Gasteiger partial charge is 0.371 e. The number of carbonyl (C=O) groups excluding carboxylic acids is 1. The van der Waals surface area contributed by atoms with Crippen molar-refractivity contribution in [1.29, 1.82) is 0 Å². The summed E-state index contributed by atoms with van der Waals surface area (Å²) < 4.78 is 27.6. The van der Waals surface area contributed by atoms with Crippen molar-refractivity contribution in [2.24, 2.45) is 0 Å². The molecule has 25 heavy (non-hydrogen) atoms. The Kier molecular flexibility index (Phi) is 4.63. The minimum absolute atomic E-state index is 0.109. The van der Waals surface area contributed by atoms with Crippen LogP contribution in [0.3, 0.4) is 0 Å². The zero-order valence-corrected chi connectivity index (χ0v) is 14.9. The van der Waals surface area contributed by atoms with E-state index in [0.717, 1.165) is 18.8 Å². The fourth-order valence-electron chi connectivity index (χ4n) is 2.79. The number of nitrogens with one attached hydrogen (secondary N) is 2. The first-order valence-corrected chi connectivity index (χ1v) is 9.58. The molecule has 0 aliphatic carbocycles. The van der Waals surface area contributed by atoms with Gasteiger partial charge in [-0.15, -0.1) is 0 Å². The third-order valence-corrected chi connectivity index (χ3v) is 5.48. The van der Waals surface area contributed by atoms with E-state index in [1.807, 2.05) is 19.9 Å². The van der Waals surface area contributed by atoms with Gasteiger partial charge in [-0.3, -0.25) is 9.52 Å². The van der Waals surface area contributed by atoms with Gasteiger partial charge in [0.15, 0.2) is 0 Å². The van der Waals surface area contributed by atoms with Crippen LogP contribution in [0.5, 0.6) is 0 Å².